The van der Waals surface area contributed by atoms with E-state index in [4.69, 9.17) is 0 Å². The third kappa shape index (κ3) is 3.66. The van der Waals surface area contributed by atoms with E-state index in [9.17, 15) is 9.00 Å². The van der Waals surface area contributed by atoms with Gasteiger partial charge in [-0.25, -0.2) is 13.7 Å². The van der Waals surface area contributed by atoms with Gasteiger partial charge >= 0.3 is 11.9 Å². The van der Waals surface area contributed by atoms with Gasteiger partial charge < -0.3 is 4.74 Å². The van der Waals surface area contributed by atoms with Crippen LogP contribution in [0, 0.1) is 0 Å². The van der Waals surface area contributed by atoms with Crippen molar-refractivity contribution in [3.05, 3.63) is 33.8 Å². The first kappa shape index (κ1) is 20.5. The summed E-state index contributed by atoms with van der Waals surface area (Å²) in [4.78, 5) is 12.1. The van der Waals surface area contributed by atoms with Crippen molar-refractivity contribution in [3.8, 4) is 0 Å². The van der Waals surface area contributed by atoms with E-state index < -0.39 is 33.2 Å². The van der Waals surface area contributed by atoms with Gasteiger partial charge in [0.15, 0.2) is 0 Å². The second-order valence-electron chi connectivity index (χ2n) is 6.98. The zero-order valence-corrected chi connectivity index (χ0v) is 17.0. The van der Waals surface area contributed by atoms with E-state index in [1.165, 1.54) is 6.92 Å². The van der Waals surface area contributed by atoms with Gasteiger partial charge in [0.25, 0.3) is 0 Å². The van der Waals surface area contributed by atoms with Crippen LogP contribution in [0.1, 0.15) is 45.2 Å². The van der Waals surface area contributed by atoms with E-state index >= 15 is 8.78 Å². The molecule has 25 heavy (non-hydrogen) atoms. The van der Waals surface area contributed by atoms with Gasteiger partial charge in [-0.1, -0.05) is 22.0 Å². The number of ether oxygens (including phenoxy) is 1. The smallest absolute Gasteiger partial charge is 0.379 e. The molecule has 2 atom stereocenters. The zero-order chi connectivity index (χ0) is 19.0. The number of aryl methyl sites for hydroxylation is 1. The molecule has 0 heterocycles. The Morgan fingerprint density at radius 3 is 2.60 bits per heavy atom. The summed E-state index contributed by atoms with van der Waals surface area (Å²) in [5.74, 6) is -5.48. The van der Waals surface area contributed by atoms with E-state index in [0.717, 1.165) is 0 Å². The van der Waals surface area contributed by atoms with Gasteiger partial charge in [-0.05, 0) is 63.8 Å². The second kappa shape index (κ2) is 7.04. The topological polar surface area (TPSA) is 55.4 Å². The summed E-state index contributed by atoms with van der Waals surface area (Å²) in [6.07, 6.45) is 0.304. The Labute approximate surface area is 157 Å². The van der Waals surface area contributed by atoms with Crippen molar-refractivity contribution in [3.63, 3.8) is 0 Å². The predicted molar refractivity (Wildman–Crippen MR) is 96.8 cm³/mol. The van der Waals surface area contributed by atoms with Crippen molar-refractivity contribution < 1.29 is 22.5 Å². The number of alkyl halides is 2. The van der Waals surface area contributed by atoms with Crippen LogP contribution in [0.25, 0.3) is 0 Å². The molecule has 0 saturated carbocycles. The molecule has 0 spiro atoms. The lowest BCUT2D eigenvalue weighted by molar-refractivity contribution is -0.185. The van der Waals surface area contributed by atoms with Crippen molar-refractivity contribution >= 4 is 32.9 Å². The quantitative estimate of drug-likeness (QED) is 0.711. The molecule has 140 valence electrons. The molecule has 1 N–H and O–H groups in total. The fourth-order valence-electron chi connectivity index (χ4n) is 2.82. The molecule has 0 amide bonds. The summed E-state index contributed by atoms with van der Waals surface area (Å²) < 4.78 is 50.2. The Morgan fingerprint density at radius 2 is 2.04 bits per heavy atom. The lowest BCUT2D eigenvalue weighted by Crippen LogP contribution is -2.61. The molecule has 1 unspecified atom stereocenters. The van der Waals surface area contributed by atoms with Crippen LogP contribution in [0.4, 0.5) is 8.78 Å². The number of hydrogen-bond donors (Lipinski definition) is 1. The highest BCUT2D eigenvalue weighted by atomic mass is 79.9. The summed E-state index contributed by atoms with van der Waals surface area (Å²) in [5.41, 5.74) is -1.10. The number of fused-ring (bicyclic) bond motifs is 1. The number of esters is 1. The van der Waals surface area contributed by atoms with Crippen LogP contribution in [0.2, 0.25) is 0 Å². The van der Waals surface area contributed by atoms with Crippen molar-refractivity contribution in [2.45, 2.75) is 56.7 Å². The Kier molecular flexibility index (Phi) is 5.76. The zero-order valence-electron chi connectivity index (χ0n) is 14.6. The van der Waals surface area contributed by atoms with Gasteiger partial charge in [0, 0.05) is 4.47 Å². The van der Waals surface area contributed by atoms with Crippen LogP contribution in [0.5, 0.6) is 0 Å². The predicted octanol–water partition coefficient (Wildman–Crippen LogP) is 3.84. The molecule has 1 aromatic carbocycles. The van der Waals surface area contributed by atoms with Gasteiger partial charge in [-0.2, -0.15) is 8.78 Å². The minimum Gasteiger partial charge on any atom is -0.461 e. The molecule has 0 aromatic heterocycles. The van der Waals surface area contributed by atoms with Crippen molar-refractivity contribution in [2.75, 3.05) is 6.61 Å². The highest BCUT2D eigenvalue weighted by Crippen LogP contribution is 2.49. The minimum absolute atomic E-state index is 0.0492. The molecule has 0 aliphatic heterocycles. The molecule has 2 rings (SSSR count). The maximum absolute atomic E-state index is 15.2. The first-order chi connectivity index (χ1) is 11.5. The Hall–Kier alpha value is -0.860. The SMILES string of the molecule is CCOC(=O)C(F)(F)[C@@]1(NS(=O)C(C)(C)C)CCc2ccc(Br)cc21. The third-order valence-electron chi connectivity index (χ3n) is 4.19. The average Bonchev–Trinajstić information content (AvgIpc) is 2.86. The second-order valence-corrected chi connectivity index (χ2v) is 9.87. The molecule has 1 aromatic rings. The van der Waals surface area contributed by atoms with Crippen molar-refractivity contribution in [1.82, 2.24) is 4.72 Å². The normalized spacial score (nSPS) is 21.7. The molecule has 1 aliphatic rings. The molecular formula is C17H22BrF2NO3S. The monoisotopic (exact) mass is 437 g/mol. The van der Waals surface area contributed by atoms with Crippen LogP contribution >= 0.6 is 15.9 Å². The highest BCUT2D eigenvalue weighted by molar-refractivity contribution is 9.10. The Bertz CT molecular complexity index is 706. The van der Waals surface area contributed by atoms with E-state index in [0.29, 0.717) is 16.5 Å². The summed E-state index contributed by atoms with van der Waals surface area (Å²) in [5, 5.41) is 0. The van der Waals surface area contributed by atoms with Crippen LogP contribution in [-0.4, -0.2) is 27.5 Å². The van der Waals surface area contributed by atoms with Gasteiger partial charge in [-0.3, -0.25) is 0 Å². The molecule has 8 heteroatoms. The number of nitrogens with one attached hydrogen (secondary N) is 1. The Morgan fingerprint density at radius 1 is 1.40 bits per heavy atom. The van der Waals surface area contributed by atoms with Crippen LogP contribution in [0.15, 0.2) is 22.7 Å². The number of halogens is 3. The van der Waals surface area contributed by atoms with Crippen LogP contribution < -0.4 is 4.72 Å². The van der Waals surface area contributed by atoms with Gasteiger partial charge in [0.05, 0.1) is 22.3 Å². The first-order valence-corrected chi connectivity index (χ1v) is 9.93. The fraction of sp³-hybridized carbons (Fsp3) is 0.588. The molecule has 1 aliphatic carbocycles. The maximum Gasteiger partial charge on any atom is 0.379 e. The standard InChI is InChI=1S/C17H22BrF2NO3S/c1-5-24-14(22)17(19,20)16(21-25(23)15(2,3)4)9-8-11-6-7-12(18)10-13(11)16/h6-7,10,21H,5,8-9H2,1-4H3/t16-,25?/m1/s1. The number of carbonyl (C=O) groups excluding carboxylic acids is 1. The summed E-state index contributed by atoms with van der Waals surface area (Å²) >= 11 is 3.29. The molecule has 0 saturated heterocycles. The Balaban J connectivity index is 2.61. The summed E-state index contributed by atoms with van der Waals surface area (Å²) in [6.45, 7) is 6.37. The molecule has 0 radical (unpaired) electrons. The van der Waals surface area contributed by atoms with Crippen molar-refractivity contribution in [1.29, 1.82) is 0 Å². The van der Waals surface area contributed by atoms with Gasteiger partial charge in [-0.15, -0.1) is 0 Å². The largest absolute Gasteiger partial charge is 0.461 e. The number of rotatable bonds is 5. The first-order valence-electron chi connectivity index (χ1n) is 7.99. The lowest BCUT2D eigenvalue weighted by Gasteiger charge is -2.38. The maximum atomic E-state index is 15.2. The van der Waals surface area contributed by atoms with Gasteiger partial charge in [0.1, 0.15) is 5.54 Å². The number of benzene rings is 1. The van der Waals surface area contributed by atoms with E-state index in [1.54, 1.807) is 39.0 Å². The van der Waals surface area contributed by atoms with Crippen molar-refractivity contribution in [2.24, 2.45) is 0 Å². The van der Waals surface area contributed by atoms with Gasteiger partial charge in [0.2, 0.25) is 0 Å². The molecule has 0 fully saturated rings. The number of hydrogen-bond acceptors (Lipinski definition) is 3. The molecular weight excluding hydrogens is 416 g/mol. The van der Waals surface area contributed by atoms with E-state index in [1.807, 2.05) is 0 Å². The van der Waals surface area contributed by atoms with Crippen LogP contribution in [0.3, 0.4) is 0 Å². The van der Waals surface area contributed by atoms with E-state index in [2.05, 4.69) is 25.4 Å². The van der Waals surface area contributed by atoms with Crippen LogP contribution in [-0.2, 0) is 32.5 Å². The molecule has 0 bridgehead atoms. The third-order valence-corrected chi connectivity index (χ3v) is 6.33. The number of carbonyl (C=O) groups is 1. The minimum atomic E-state index is -3.87. The summed E-state index contributed by atoms with van der Waals surface area (Å²) in [6, 6.07) is 5.06. The summed E-state index contributed by atoms with van der Waals surface area (Å²) in [7, 11) is -1.80. The van der Waals surface area contributed by atoms with E-state index in [-0.39, 0.29) is 18.6 Å². The molecule has 4 nitrogen and oxygen atoms in total. The highest BCUT2D eigenvalue weighted by Gasteiger charge is 2.64. The average molecular weight is 438 g/mol. The fourth-order valence-corrected chi connectivity index (χ4v) is 4.15. The lowest BCUT2D eigenvalue weighted by atomic mass is 9.86.